The number of ether oxygens (including phenoxy) is 1. The van der Waals surface area contributed by atoms with Gasteiger partial charge in [-0.05, 0) is 53.4 Å². The van der Waals surface area contributed by atoms with Crippen LogP contribution in [0.5, 0.6) is 0 Å². The largest absolute Gasteiger partial charge is 0.372 e. The Morgan fingerprint density at radius 2 is 2.31 bits per heavy atom. The van der Waals surface area contributed by atoms with Gasteiger partial charge in [0.05, 0.1) is 18.4 Å². The molecule has 1 heterocycles. The maximum Gasteiger partial charge on any atom is 0.0891 e. The van der Waals surface area contributed by atoms with Crippen molar-refractivity contribution in [3.05, 3.63) is 28.5 Å². The van der Waals surface area contributed by atoms with Gasteiger partial charge >= 0.3 is 0 Å². The van der Waals surface area contributed by atoms with Crippen LogP contribution in [0.2, 0.25) is 0 Å². The maximum absolute atomic E-state index is 5.87. The summed E-state index contributed by atoms with van der Waals surface area (Å²) >= 11 is 3.36. The Morgan fingerprint density at radius 3 is 3.00 bits per heavy atom. The Morgan fingerprint density at radius 1 is 1.44 bits per heavy atom. The summed E-state index contributed by atoms with van der Waals surface area (Å²) in [5, 5.41) is 0. The highest BCUT2D eigenvalue weighted by molar-refractivity contribution is 9.10. The molecule has 0 bridgehead atoms. The normalized spacial score (nSPS) is 24.9. The summed E-state index contributed by atoms with van der Waals surface area (Å²) in [6.07, 6.45) is 5.71. The molecule has 1 fully saturated rings. The standard InChI is InChI=1S/C12H17BrN2O/c13-10-4-5-11(15-7-10)8-16-12-3-1-2-9(12)6-14/h4-5,7,9,12H,1-3,6,8,14H2. The number of hydrogen-bond donors (Lipinski definition) is 1. The summed E-state index contributed by atoms with van der Waals surface area (Å²) < 4.78 is 6.87. The number of rotatable bonds is 4. The number of aromatic nitrogens is 1. The van der Waals surface area contributed by atoms with E-state index in [2.05, 4.69) is 20.9 Å². The van der Waals surface area contributed by atoms with E-state index in [1.807, 2.05) is 12.1 Å². The summed E-state index contributed by atoms with van der Waals surface area (Å²) in [6, 6.07) is 3.97. The van der Waals surface area contributed by atoms with Crippen LogP contribution in [-0.4, -0.2) is 17.6 Å². The van der Waals surface area contributed by atoms with Gasteiger partial charge in [-0.2, -0.15) is 0 Å². The van der Waals surface area contributed by atoms with Gasteiger partial charge in [-0.15, -0.1) is 0 Å². The number of nitrogens with two attached hydrogens (primary N) is 1. The van der Waals surface area contributed by atoms with Crippen molar-refractivity contribution >= 4 is 15.9 Å². The molecule has 1 aliphatic rings. The molecule has 0 aromatic carbocycles. The zero-order valence-electron chi connectivity index (χ0n) is 9.23. The minimum Gasteiger partial charge on any atom is -0.372 e. The fourth-order valence-corrected chi connectivity index (χ4v) is 2.41. The molecule has 0 aliphatic heterocycles. The zero-order chi connectivity index (χ0) is 11.4. The molecule has 2 atom stereocenters. The highest BCUT2D eigenvalue weighted by atomic mass is 79.9. The predicted molar refractivity (Wildman–Crippen MR) is 66.9 cm³/mol. The molecular weight excluding hydrogens is 268 g/mol. The monoisotopic (exact) mass is 284 g/mol. The molecule has 1 aliphatic carbocycles. The van der Waals surface area contributed by atoms with Crippen LogP contribution in [0.1, 0.15) is 25.0 Å². The van der Waals surface area contributed by atoms with Crippen molar-refractivity contribution in [1.29, 1.82) is 0 Å². The van der Waals surface area contributed by atoms with E-state index < -0.39 is 0 Å². The summed E-state index contributed by atoms with van der Waals surface area (Å²) in [5.41, 5.74) is 6.69. The quantitative estimate of drug-likeness (QED) is 0.924. The molecule has 0 saturated heterocycles. The first-order valence-corrected chi connectivity index (χ1v) is 6.51. The van der Waals surface area contributed by atoms with Crippen molar-refractivity contribution in [1.82, 2.24) is 4.98 Å². The molecule has 88 valence electrons. The van der Waals surface area contributed by atoms with Crippen molar-refractivity contribution in [3.63, 3.8) is 0 Å². The van der Waals surface area contributed by atoms with Crippen molar-refractivity contribution in [2.24, 2.45) is 11.7 Å². The molecule has 2 rings (SSSR count). The van der Waals surface area contributed by atoms with E-state index in [-0.39, 0.29) is 0 Å². The molecule has 1 aromatic rings. The Balaban J connectivity index is 1.85. The van der Waals surface area contributed by atoms with Gasteiger partial charge in [0.25, 0.3) is 0 Å². The van der Waals surface area contributed by atoms with Crippen LogP contribution in [0, 0.1) is 5.92 Å². The van der Waals surface area contributed by atoms with Crippen molar-refractivity contribution in [2.45, 2.75) is 32.0 Å². The van der Waals surface area contributed by atoms with Crippen molar-refractivity contribution in [2.75, 3.05) is 6.54 Å². The lowest BCUT2D eigenvalue weighted by Crippen LogP contribution is -2.25. The summed E-state index contributed by atoms with van der Waals surface area (Å²) in [7, 11) is 0. The van der Waals surface area contributed by atoms with Crippen LogP contribution >= 0.6 is 15.9 Å². The molecule has 0 radical (unpaired) electrons. The molecule has 1 aromatic heterocycles. The van der Waals surface area contributed by atoms with E-state index in [1.165, 1.54) is 12.8 Å². The van der Waals surface area contributed by atoms with Gasteiger partial charge in [0.2, 0.25) is 0 Å². The summed E-state index contributed by atoms with van der Waals surface area (Å²) in [5.74, 6) is 0.537. The minimum absolute atomic E-state index is 0.329. The highest BCUT2D eigenvalue weighted by Gasteiger charge is 2.26. The second-order valence-electron chi connectivity index (χ2n) is 4.24. The van der Waals surface area contributed by atoms with Gasteiger partial charge < -0.3 is 10.5 Å². The first-order valence-electron chi connectivity index (χ1n) is 5.71. The molecule has 2 N–H and O–H groups in total. The van der Waals surface area contributed by atoms with E-state index in [9.17, 15) is 0 Å². The maximum atomic E-state index is 5.87. The zero-order valence-corrected chi connectivity index (χ0v) is 10.8. The lowest BCUT2D eigenvalue weighted by molar-refractivity contribution is 0.0166. The van der Waals surface area contributed by atoms with Crippen molar-refractivity contribution < 1.29 is 4.74 Å². The van der Waals surface area contributed by atoms with E-state index in [0.717, 1.165) is 23.1 Å². The van der Waals surface area contributed by atoms with Crippen LogP contribution in [0.15, 0.2) is 22.8 Å². The predicted octanol–water partition coefficient (Wildman–Crippen LogP) is 2.49. The third-order valence-electron chi connectivity index (χ3n) is 3.13. The Kier molecular flexibility index (Phi) is 4.32. The topological polar surface area (TPSA) is 48.1 Å². The molecular formula is C12H17BrN2O. The first-order chi connectivity index (χ1) is 7.79. The molecule has 0 spiro atoms. The summed E-state index contributed by atoms with van der Waals surface area (Å²) in [4.78, 5) is 4.29. The van der Waals surface area contributed by atoms with E-state index >= 15 is 0 Å². The van der Waals surface area contributed by atoms with Crippen LogP contribution in [-0.2, 0) is 11.3 Å². The Labute approximate surface area is 105 Å². The first kappa shape index (κ1) is 12.0. The van der Waals surface area contributed by atoms with Crippen molar-refractivity contribution in [3.8, 4) is 0 Å². The second-order valence-corrected chi connectivity index (χ2v) is 5.16. The SMILES string of the molecule is NCC1CCCC1OCc1ccc(Br)cn1. The third-order valence-corrected chi connectivity index (χ3v) is 3.60. The summed E-state index contributed by atoms with van der Waals surface area (Å²) in [6.45, 7) is 1.33. The van der Waals surface area contributed by atoms with Gasteiger partial charge in [0.15, 0.2) is 0 Å². The molecule has 1 saturated carbocycles. The molecule has 2 unspecified atom stereocenters. The van der Waals surface area contributed by atoms with E-state index in [4.69, 9.17) is 10.5 Å². The fraction of sp³-hybridized carbons (Fsp3) is 0.583. The van der Waals surface area contributed by atoms with E-state index in [1.54, 1.807) is 6.20 Å². The van der Waals surface area contributed by atoms with Gasteiger partial charge in [-0.1, -0.05) is 6.42 Å². The average Bonchev–Trinajstić information content (AvgIpc) is 2.76. The number of pyridine rings is 1. The average molecular weight is 285 g/mol. The van der Waals surface area contributed by atoms with Gasteiger partial charge in [0.1, 0.15) is 0 Å². The number of nitrogens with zero attached hydrogens (tertiary/aromatic N) is 1. The third kappa shape index (κ3) is 3.03. The number of halogens is 1. The molecule has 3 nitrogen and oxygen atoms in total. The van der Waals surface area contributed by atoms with Crippen LogP contribution in [0.4, 0.5) is 0 Å². The van der Waals surface area contributed by atoms with Crippen LogP contribution < -0.4 is 5.73 Å². The van der Waals surface area contributed by atoms with Gasteiger partial charge in [-0.25, -0.2) is 0 Å². The Bertz CT molecular complexity index is 328. The fourth-order valence-electron chi connectivity index (χ4n) is 2.18. The highest BCUT2D eigenvalue weighted by Crippen LogP contribution is 2.27. The van der Waals surface area contributed by atoms with Gasteiger partial charge in [0, 0.05) is 10.7 Å². The second kappa shape index (κ2) is 5.75. The number of hydrogen-bond acceptors (Lipinski definition) is 3. The lowest BCUT2D eigenvalue weighted by atomic mass is 10.1. The van der Waals surface area contributed by atoms with Crippen LogP contribution in [0.3, 0.4) is 0 Å². The van der Waals surface area contributed by atoms with Crippen LogP contribution in [0.25, 0.3) is 0 Å². The molecule has 4 heteroatoms. The smallest absolute Gasteiger partial charge is 0.0891 e. The van der Waals surface area contributed by atoms with E-state index in [0.29, 0.717) is 18.6 Å². The Hall–Kier alpha value is -0.450. The minimum atomic E-state index is 0.329. The lowest BCUT2D eigenvalue weighted by Gasteiger charge is -2.18. The molecule has 16 heavy (non-hydrogen) atoms. The van der Waals surface area contributed by atoms with Gasteiger partial charge in [-0.3, -0.25) is 4.98 Å². The molecule has 0 amide bonds.